The SMILES string of the molecule is Cc1cc(NC(=O)CNC(C)c2ccccc2Cl)n(-c2ccc(F)cc2)n1. The molecule has 7 heteroatoms. The lowest BCUT2D eigenvalue weighted by Crippen LogP contribution is -2.30. The van der Waals surface area contributed by atoms with Gasteiger partial charge in [-0.05, 0) is 49.7 Å². The van der Waals surface area contributed by atoms with Gasteiger partial charge in [0.1, 0.15) is 11.6 Å². The van der Waals surface area contributed by atoms with E-state index in [4.69, 9.17) is 11.6 Å². The Hall–Kier alpha value is -2.70. The van der Waals surface area contributed by atoms with E-state index in [1.807, 2.05) is 38.1 Å². The number of hydrogen-bond acceptors (Lipinski definition) is 3. The summed E-state index contributed by atoms with van der Waals surface area (Å²) in [6.07, 6.45) is 0. The molecule has 0 bridgehead atoms. The molecule has 1 amide bonds. The second kappa shape index (κ2) is 8.33. The van der Waals surface area contributed by atoms with Crippen molar-refractivity contribution >= 4 is 23.3 Å². The minimum Gasteiger partial charge on any atom is -0.309 e. The van der Waals surface area contributed by atoms with Gasteiger partial charge >= 0.3 is 0 Å². The molecule has 1 aromatic heterocycles. The van der Waals surface area contributed by atoms with Gasteiger partial charge in [0.2, 0.25) is 5.91 Å². The van der Waals surface area contributed by atoms with Gasteiger partial charge in [-0.15, -0.1) is 0 Å². The van der Waals surface area contributed by atoms with Crippen molar-refractivity contribution in [3.63, 3.8) is 0 Å². The van der Waals surface area contributed by atoms with Gasteiger partial charge in [-0.25, -0.2) is 9.07 Å². The first kappa shape index (κ1) is 19.1. The number of hydrogen-bond donors (Lipinski definition) is 2. The number of aryl methyl sites for hydroxylation is 1. The Bertz CT molecular complexity index is 939. The van der Waals surface area contributed by atoms with Gasteiger partial charge in [0, 0.05) is 17.1 Å². The van der Waals surface area contributed by atoms with E-state index in [0.717, 1.165) is 11.3 Å². The maximum absolute atomic E-state index is 13.1. The number of rotatable bonds is 6. The molecule has 0 radical (unpaired) electrons. The third-order valence-electron chi connectivity index (χ3n) is 4.11. The third kappa shape index (κ3) is 4.72. The lowest BCUT2D eigenvalue weighted by atomic mass is 10.1. The molecule has 0 fully saturated rings. The van der Waals surface area contributed by atoms with Crippen LogP contribution in [0.4, 0.5) is 10.2 Å². The average Bonchev–Trinajstić information content (AvgIpc) is 3.01. The molecule has 2 N–H and O–H groups in total. The first-order chi connectivity index (χ1) is 12.9. The van der Waals surface area contributed by atoms with E-state index in [9.17, 15) is 9.18 Å². The summed E-state index contributed by atoms with van der Waals surface area (Å²) in [5, 5.41) is 11.0. The van der Waals surface area contributed by atoms with Gasteiger partial charge in [-0.2, -0.15) is 5.10 Å². The largest absolute Gasteiger partial charge is 0.309 e. The van der Waals surface area contributed by atoms with Crippen molar-refractivity contribution in [1.29, 1.82) is 0 Å². The molecule has 5 nitrogen and oxygen atoms in total. The summed E-state index contributed by atoms with van der Waals surface area (Å²) in [5.41, 5.74) is 2.34. The molecule has 2 aromatic carbocycles. The molecule has 1 unspecified atom stereocenters. The van der Waals surface area contributed by atoms with Crippen molar-refractivity contribution in [1.82, 2.24) is 15.1 Å². The maximum Gasteiger partial charge on any atom is 0.239 e. The second-order valence-corrected chi connectivity index (χ2v) is 6.64. The van der Waals surface area contributed by atoms with E-state index < -0.39 is 0 Å². The fraction of sp³-hybridized carbons (Fsp3) is 0.200. The van der Waals surface area contributed by atoms with Crippen LogP contribution < -0.4 is 10.6 Å². The Kier molecular flexibility index (Phi) is 5.88. The van der Waals surface area contributed by atoms with E-state index in [0.29, 0.717) is 16.5 Å². The minimum atomic E-state index is -0.328. The maximum atomic E-state index is 13.1. The topological polar surface area (TPSA) is 59.0 Å². The van der Waals surface area contributed by atoms with E-state index in [-0.39, 0.29) is 24.3 Å². The summed E-state index contributed by atoms with van der Waals surface area (Å²) in [6, 6.07) is 15.1. The molecular formula is C20H20ClFN4O. The number of nitrogens with one attached hydrogen (secondary N) is 2. The van der Waals surface area contributed by atoms with Gasteiger partial charge in [0.05, 0.1) is 17.9 Å². The zero-order chi connectivity index (χ0) is 19.4. The monoisotopic (exact) mass is 386 g/mol. The van der Waals surface area contributed by atoms with Crippen LogP contribution in [-0.2, 0) is 4.79 Å². The molecule has 0 saturated carbocycles. The molecule has 3 rings (SSSR count). The Morgan fingerprint density at radius 2 is 1.93 bits per heavy atom. The highest BCUT2D eigenvalue weighted by molar-refractivity contribution is 6.31. The molecule has 27 heavy (non-hydrogen) atoms. The normalized spacial score (nSPS) is 12.0. The van der Waals surface area contributed by atoms with E-state index in [1.165, 1.54) is 12.1 Å². The van der Waals surface area contributed by atoms with Crippen molar-refractivity contribution < 1.29 is 9.18 Å². The molecule has 140 valence electrons. The molecule has 0 aliphatic carbocycles. The number of halogens is 2. The van der Waals surface area contributed by atoms with Crippen molar-refractivity contribution in [2.45, 2.75) is 19.9 Å². The number of benzene rings is 2. The summed E-state index contributed by atoms with van der Waals surface area (Å²) in [6.45, 7) is 3.88. The van der Waals surface area contributed by atoms with Crippen LogP contribution in [-0.4, -0.2) is 22.2 Å². The highest BCUT2D eigenvalue weighted by Crippen LogP contribution is 2.22. The predicted octanol–water partition coefficient (Wildman–Crippen LogP) is 4.26. The zero-order valence-corrected chi connectivity index (χ0v) is 15.8. The van der Waals surface area contributed by atoms with E-state index >= 15 is 0 Å². The summed E-state index contributed by atoms with van der Waals surface area (Å²) in [5.74, 6) is -0.0144. The lowest BCUT2D eigenvalue weighted by Gasteiger charge is -2.15. The van der Waals surface area contributed by atoms with Gasteiger partial charge < -0.3 is 10.6 Å². The van der Waals surface area contributed by atoms with E-state index in [2.05, 4.69) is 15.7 Å². The Morgan fingerprint density at radius 1 is 1.22 bits per heavy atom. The number of nitrogens with zero attached hydrogens (tertiary/aromatic N) is 2. The first-order valence-corrected chi connectivity index (χ1v) is 8.92. The van der Waals surface area contributed by atoms with Gasteiger partial charge in [0.25, 0.3) is 0 Å². The molecule has 1 atom stereocenters. The van der Waals surface area contributed by atoms with Crippen LogP contribution in [0.25, 0.3) is 5.69 Å². The standard InChI is InChI=1S/C20H20ClFN4O/c1-13-11-19(26(25-13)16-9-7-15(22)8-10-16)24-20(27)12-23-14(2)17-5-3-4-6-18(17)21/h3-11,14,23H,12H2,1-2H3,(H,24,27). The molecule has 0 aliphatic rings. The Balaban J connectivity index is 1.66. The molecule has 0 saturated heterocycles. The van der Waals surface area contributed by atoms with Gasteiger partial charge in [-0.3, -0.25) is 4.79 Å². The van der Waals surface area contributed by atoms with Crippen LogP contribution >= 0.6 is 11.6 Å². The summed E-state index contributed by atoms with van der Waals surface area (Å²) < 4.78 is 14.7. The molecular weight excluding hydrogens is 367 g/mol. The third-order valence-corrected chi connectivity index (χ3v) is 4.45. The van der Waals surface area contributed by atoms with Gasteiger partial charge in [0.15, 0.2) is 0 Å². The fourth-order valence-electron chi connectivity index (χ4n) is 2.74. The predicted molar refractivity (Wildman–Crippen MR) is 105 cm³/mol. The number of amides is 1. The molecule has 1 heterocycles. The summed E-state index contributed by atoms with van der Waals surface area (Å²) in [7, 11) is 0. The average molecular weight is 387 g/mol. The second-order valence-electron chi connectivity index (χ2n) is 6.23. The zero-order valence-electron chi connectivity index (χ0n) is 15.0. The fourth-order valence-corrected chi connectivity index (χ4v) is 3.04. The Labute approximate surface area is 162 Å². The van der Waals surface area contributed by atoms with Crippen molar-refractivity contribution in [2.24, 2.45) is 0 Å². The summed E-state index contributed by atoms with van der Waals surface area (Å²) in [4.78, 5) is 12.4. The van der Waals surface area contributed by atoms with Crippen LogP contribution in [0.1, 0.15) is 24.2 Å². The molecule has 0 spiro atoms. The van der Waals surface area contributed by atoms with Crippen LogP contribution in [0, 0.1) is 12.7 Å². The highest BCUT2D eigenvalue weighted by Gasteiger charge is 2.13. The number of aromatic nitrogens is 2. The molecule has 0 aliphatic heterocycles. The smallest absolute Gasteiger partial charge is 0.239 e. The summed E-state index contributed by atoms with van der Waals surface area (Å²) >= 11 is 6.19. The van der Waals surface area contributed by atoms with Crippen LogP contribution in [0.5, 0.6) is 0 Å². The minimum absolute atomic E-state index is 0.0757. The van der Waals surface area contributed by atoms with Crippen molar-refractivity contribution in [3.8, 4) is 5.69 Å². The highest BCUT2D eigenvalue weighted by atomic mass is 35.5. The van der Waals surface area contributed by atoms with Crippen LogP contribution in [0.15, 0.2) is 54.6 Å². The quantitative estimate of drug-likeness (QED) is 0.665. The molecule has 3 aromatic rings. The van der Waals surface area contributed by atoms with Crippen LogP contribution in [0.3, 0.4) is 0 Å². The van der Waals surface area contributed by atoms with Gasteiger partial charge in [-0.1, -0.05) is 29.8 Å². The Morgan fingerprint density at radius 3 is 2.63 bits per heavy atom. The van der Waals surface area contributed by atoms with Crippen molar-refractivity contribution in [3.05, 3.63) is 76.7 Å². The first-order valence-electron chi connectivity index (χ1n) is 8.54. The van der Waals surface area contributed by atoms with Crippen molar-refractivity contribution in [2.75, 3.05) is 11.9 Å². The number of carbonyl (C=O) groups excluding carboxylic acids is 1. The van der Waals surface area contributed by atoms with Crippen LogP contribution in [0.2, 0.25) is 5.02 Å². The number of anilines is 1. The lowest BCUT2D eigenvalue weighted by molar-refractivity contribution is -0.115. The number of carbonyl (C=O) groups is 1. The van der Waals surface area contributed by atoms with E-state index in [1.54, 1.807) is 22.9 Å².